The molecule has 2 nitrogen and oxygen atoms in total. The van der Waals surface area contributed by atoms with Crippen molar-refractivity contribution in [1.29, 1.82) is 0 Å². The smallest absolute Gasteiger partial charge is 0.323 e. The van der Waals surface area contributed by atoms with Crippen LogP contribution in [-0.4, -0.2) is 13.0 Å². The Kier molecular flexibility index (Phi) is 7.47. The first kappa shape index (κ1) is 18.6. The predicted octanol–water partition coefficient (Wildman–Crippen LogP) is 5.58. The van der Waals surface area contributed by atoms with Crippen LogP contribution in [0.4, 0.5) is 23.2 Å². The second-order valence-corrected chi connectivity index (χ2v) is 5.24. The van der Waals surface area contributed by atoms with Crippen LogP contribution in [-0.2, 0) is 4.74 Å². The van der Waals surface area contributed by atoms with Crippen LogP contribution < -0.4 is 4.72 Å². The molecular weight excluding hydrogens is 318 g/mol. The largest absolute Gasteiger partial charge is 0.522 e. The van der Waals surface area contributed by atoms with E-state index in [-0.39, 0.29) is 5.82 Å². The topological polar surface area (TPSA) is 21.3 Å². The molecule has 0 fully saturated rings. The highest BCUT2D eigenvalue weighted by atomic mass is 32.2. The Morgan fingerprint density at radius 1 is 1.36 bits per heavy atom. The third kappa shape index (κ3) is 7.51. The second-order valence-electron chi connectivity index (χ2n) is 4.36. The molecule has 0 saturated carbocycles. The predicted molar refractivity (Wildman–Crippen MR) is 81.9 cm³/mol. The second kappa shape index (κ2) is 8.85. The quantitative estimate of drug-likeness (QED) is 0.399. The minimum absolute atomic E-state index is 0.317. The van der Waals surface area contributed by atoms with Crippen LogP contribution in [0, 0.1) is 12.7 Å². The molecule has 0 aliphatic carbocycles. The van der Waals surface area contributed by atoms with Gasteiger partial charge in [-0.05, 0) is 49.1 Å². The van der Waals surface area contributed by atoms with Gasteiger partial charge in [0.25, 0.3) is 0 Å². The zero-order chi connectivity index (χ0) is 16.6. The first-order valence-electron chi connectivity index (χ1n) is 6.58. The summed E-state index contributed by atoms with van der Waals surface area (Å²) in [4.78, 5) is 0.674. The van der Waals surface area contributed by atoms with E-state index in [1.54, 1.807) is 19.1 Å². The molecule has 0 heterocycles. The van der Waals surface area contributed by atoms with Gasteiger partial charge >= 0.3 is 6.36 Å². The third-order valence-corrected chi connectivity index (χ3v) is 3.29. The molecule has 0 saturated heterocycles. The van der Waals surface area contributed by atoms with Gasteiger partial charge in [-0.25, -0.2) is 4.39 Å². The molecule has 1 rings (SSSR count). The highest BCUT2D eigenvalue weighted by Gasteiger charge is 2.27. The van der Waals surface area contributed by atoms with Crippen LogP contribution >= 0.6 is 11.9 Å². The molecule has 1 aromatic rings. The lowest BCUT2D eigenvalue weighted by atomic mass is 10.2. The Labute approximate surface area is 131 Å². The molecule has 0 unspecified atom stereocenters. The van der Waals surface area contributed by atoms with E-state index >= 15 is 0 Å². The van der Waals surface area contributed by atoms with Gasteiger partial charge < -0.3 is 4.72 Å². The van der Waals surface area contributed by atoms with E-state index in [9.17, 15) is 17.6 Å². The normalized spacial score (nSPS) is 12.9. The summed E-state index contributed by atoms with van der Waals surface area (Å²) >= 11 is 1.12. The fourth-order valence-corrected chi connectivity index (χ4v) is 2.28. The molecular formula is C15H17F4NOS. The number of nitrogens with one attached hydrogen (secondary N) is 1. The van der Waals surface area contributed by atoms with Crippen molar-refractivity contribution >= 4 is 17.6 Å². The third-order valence-electron chi connectivity index (χ3n) is 2.43. The van der Waals surface area contributed by atoms with Crippen molar-refractivity contribution in [2.24, 2.45) is 0 Å². The maximum Gasteiger partial charge on any atom is 0.522 e. The number of rotatable bonds is 7. The number of allylic oxidation sites excluding steroid dienone is 2. The Balaban J connectivity index is 2.58. The van der Waals surface area contributed by atoms with Crippen molar-refractivity contribution in [3.63, 3.8) is 0 Å². The van der Waals surface area contributed by atoms with Crippen LogP contribution in [0.2, 0.25) is 0 Å². The Hall–Kier alpha value is -1.47. The van der Waals surface area contributed by atoms with E-state index in [1.807, 2.05) is 13.0 Å². The van der Waals surface area contributed by atoms with Crippen molar-refractivity contribution in [2.45, 2.75) is 26.6 Å². The van der Waals surface area contributed by atoms with Crippen LogP contribution in [0.25, 0.3) is 0 Å². The first-order chi connectivity index (χ1) is 10.3. The van der Waals surface area contributed by atoms with Crippen molar-refractivity contribution in [3.8, 4) is 0 Å². The van der Waals surface area contributed by atoms with E-state index in [2.05, 4.69) is 9.46 Å². The van der Waals surface area contributed by atoms with Crippen LogP contribution in [0.1, 0.15) is 18.9 Å². The maximum absolute atomic E-state index is 13.7. The van der Waals surface area contributed by atoms with E-state index < -0.39 is 13.0 Å². The zero-order valence-electron chi connectivity index (χ0n) is 12.2. The minimum Gasteiger partial charge on any atom is -0.323 e. The van der Waals surface area contributed by atoms with Gasteiger partial charge in [0.15, 0.2) is 0 Å². The summed E-state index contributed by atoms with van der Waals surface area (Å²) in [6, 6.07) is 4.78. The van der Waals surface area contributed by atoms with E-state index in [1.165, 1.54) is 18.2 Å². The molecule has 0 amide bonds. The molecule has 1 aromatic carbocycles. The molecule has 1 N–H and O–H groups in total. The fraction of sp³-hybridized carbons (Fsp3) is 0.333. The number of anilines is 1. The molecule has 122 valence electrons. The SMILES string of the molecule is CC/C=C(\C=C/COC(F)(F)F)SNc1ccc(C)cc1F. The Morgan fingerprint density at radius 3 is 2.68 bits per heavy atom. The van der Waals surface area contributed by atoms with Crippen molar-refractivity contribution in [1.82, 2.24) is 0 Å². The monoisotopic (exact) mass is 335 g/mol. The molecule has 0 atom stereocenters. The molecule has 0 aliphatic heterocycles. The van der Waals surface area contributed by atoms with Gasteiger partial charge in [0.05, 0.1) is 12.3 Å². The molecule has 0 aliphatic rings. The number of halogens is 4. The molecule has 0 aromatic heterocycles. The summed E-state index contributed by atoms with van der Waals surface area (Å²) in [5, 5.41) is 0. The van der Waals surface area contributed by atoms with Gasteiger partial charge in [-0.1, -0.05) is 25.1 Å². The minimum atomic E-state index is -4.64. The summed E-state index contributed by atoms with van der Waals surface area (Å²) < 4.78 is 55.7. The highest BCUT2D eigenvalue weighted by molar-refractivity contribution is 8.04. The average molecular weight is 335 g/mol. The highest BCUT2D eigenvalue weighted by Crippen LogP contribution is 2.24. The van der Waals surface area contributed by atoms with Gasteiger partial charge in [0.1, 0.15) is 5.82 Å². The number of hydrogen-bond acceptors (Lipinski definition) is 3. The van der Waals surface area contributed by atoms with Crippen molar-refractivity contribution in [2.75, 3.05) is 11.3 Å². The van der Waals surface area contributed by atoms with Crippen LogP contribution in [0.5, 0.6) is 0 Å². The number of ether oxygens (including phenoxy) is 1. The lowest BCUT2D eigenvalue weighted by Gasteiger charge is -2.08. The van der Waals surface area contributed by atoms with Gasteiger partial charge in [-0.15, -0.1) is 13.2 Å². The Morgan fingerprint density at radius 2 is 2.09 bits per heavy atom. The van der Waals surface area contributed by atoms with E-state index in [4.69, 9.17) is 0 Å². The zero-order valence-corrected chi connectivity index (χ0v) is 13.0. The standard InChI is InChI=1S/C15H17F4NOS/c1-3-5-12(6-4-9-21-15(17,18)19)22-20-14-8-7-11(2)10-13(14)16/h4-8,10,20H,3,9H2,1-2H3/b6-4-,12-5+. The number of hydrogen-bond donors (Lipinski definition) is 1. The Bertz CT molecular complexity index is 541. The van der Waals surface area contributed by atoms with Crippen LogP contribution in [0.15, 0.2) is 41.3 Å². The molecule has 22 heavy (non-hydrogen) atoms. The molecule has 7 heteroatoms. The summed E-state index contributed by atoms with van der Waals surface area (Å²) in [5.74, 6) is -0.382. The molecule has 0 bridgehead atoms. The first-order valence-corrected chi connectivity index (χ1v) is 7.40. The van der Waals surface area contributed by atoms with Crippen LogP contribution in [0.3, 0.4) is 0 Å². The maximum atomic E-state index is 13.7. The molecule has 0 spiro atoms. The summed E-state index contributed by atoms with van der Waals surface area (Å²) in [5.41, 5.74) is 1.12. The number of aryl methyl sites for hydroxylation is 1. The van der Waals surface area contributed by atoms with Gasteiger partial charge in [-0.3, -0.25) is 4.74 Å². The van der Waals surface area contributed by atoms with E-state index in [0.29, 0.717) is 17.0 Å². The molecule has 0 radical (unpaired) electrons. The van der Waals surface area contributed by atoms with Crippen molar-refractivity contribution in [3.05, 3.63) is 52.7 Å². The summed E-state index contributed by atoms with van der Waals surface area (Å²) in [6.07, 6.45) is 0.627. The van der Waals surface area contributed by atoms with Gasteiger partial charge in [0.2, 0.25) is 0 Å². The fourth-order valence-electron chi connectivity index (χ4n) is 1.47. The van der Waals surface area contributed by atoms with Gasteiger partial charge in [-0.2, -0.15) is 0 Å². The van der Waals surface area contributed by atoms with E-state index in [0.717, 1.165) is 17.5 Å². The average Bonchev–Trinajstić information content (AvgIpc) is 2.41. The lowest BCUT2D eigenvalue weighted by Crippen LogP contribution is -2.12. The number of alkyl halides is 3. The van der Waals surface area contributed by atoms with Crippen molar-refractivity contribution < 1.29 is 22.3 Å². The van der Waals surface area contributed by atoms with Gasteiger partial charge in [0, 0.05) is 4.91 Å². The summed E-state index contributed by atoms with van der Waals surface area (Å²) in [6.45, 7) is 3.11. The lowest BCUT2D eigenvalue weighted by molar-refractivity contribution is -0.319. The number of benzene rings is 1. The summed E-state index contributed by atoms with van der Waals surface area (Å²) in [7, 11) is 0.